The molecule has 0 unspecified atom stereocenters. The van der Waals surface area contributed by atoms with Crippen LogP contribution in [0.4, 0.5) is 21.5 Å². The fourth-order valence-electron chi connectivity index (χ4n) is 4.03. The minimum atomic E-state index is -4.07. The third-order valence-electron chi connectivity index (χ3n) is 6.56. The largest absolute Gasteiger partial charge is 0.326 e. The molecule has 210 valence electrons. The average molecular weight is 578 g/mol. The van der Waals surface area contributed by atoms with Crippen molar-refractivity contribution in [2.24, 2.45) is 5.41 Å². The van der Waals surface area contributed by atoms with Gasteiger partial charge in [-0.15, -0.1) is 0 Å². The van der Waals surface area contributed by atoms with Crippen molar-refractivity contribution in [3.05, 3.63) is 60.7 Å². The summed E-state index contributed by atoms with van der Waals surface area (Å²) >= 11 is 0. The van der Waals surface area contributed by atoms with E-state index >= 15 is 0 Å². The third kappa shape index (κ3) is 6.49. The van der Waals surface area contributed by atoms with E-state index < -0.39 is 38.2 Å². The number of likely N-dealkylation sites (N-methyl/N-ethyl adjacent to an activating group) is 1. The molecule has 0 aliphatic carbocycles. The first-order valence-electron chi connectivity index (χ1n) is 12.3. The first-order valence-corrected chi connectivity index (χ1v) is 15.2. The van der Waals surface area contributed by atoms with Crippen LogP contribution < -0.4 is 14.8 Å². The van der Waals surface area contributed by atoms with Gasteiger partial charge in [0.15, 0.2) is 0 Å². The number of sulfonamides is 1. The minimum absolute atomic E-state index is 0.0253. The Labute approximate surface area is 228 Å². The Morgan fingerprint density at radius 1 is 0.846 bits per heavy atom. The van der Waals surface area contributed by atoms with Gasteiger partial charge in [0.25, 0.3) is 10.0 Å². The Bertz CT molecular complexity index is 1570. The molecule has 0 radical (unpaired) electrons. The molecule has 1 fully saturated rings. The second kappa shape index (κ2) is 11.1. The maximum atomic E-state index is 13.3. The van der Waals surface area contributed by atoms with Crippen molar-refractivity contribution in [2.75, 3.05) is 54.7 Å². The molecule has 0 atom stereocenters. The van der Waals surface area contributed by atoms with Crippen molar-refractivity contribution in [3.63, 3.8) is 0 Å². The van der Waals surface area contributed by atoms with Gasteiger partial charge < -0.3 is 10.2 Å². The van der Waals surface area contributed by atoms with Crippen molar-refractivity contribution in [1.29, 1.82) is 0 Å². The Hall–Kier alpha value is -3.26. The van der Waals surface area contributed by atoms with Crippen LogP contribution in [-0.2, 0) is 25.0 Å². The van der Waals surface area contributed by atoms with E-state index in [0.29, 0.717) is 42.6 Å². The topological polar surface area (TPSA) is 128 Å². The summed E-state index contributed by atoms with van der Waals surface area (Å²) in [6, 6.07) is 15.4. The molecule has 0 bridgehead atoms. The minimum Gasteiger partial charge on any atom is -0.326 e. The summed E-state index contributed by atoms with van der Waals surface area (Å²) in [5.41, 5.74) is -0.264. The van der Waals surface area contributed by atoms with Crippen LogP contribution in [0.15, 0.2) is 65.6 Å². The van der Waals surface area contributed by atoms with Gasteiger partial charge >= 0.3 is 10.2 Å². The van der Waals surface area contributed by atoms with E-state index in [1.807, 2.05) is 11.9 Å². The van der Waals surface area contributed by atoms with E-state index in [-0.39, 0.29) is 16.3 Å². The van der Waals surface area contributed by atoms with Gasteiger partial charge in [0.2, 0.25) is 5.91 Å². The van der Waals surface area contributed by atoms with Crippen LogP contribution >= 0.6 is 0 Å². The highest BCUT2D eigenvalue weighted by atomic mass is 32.2. The first-order chi connectivity index (χ1) is 18.3. The smallest absolute Gasteiger partial charge is 0.301 e. The molecule has 3 aromatic rings. The van der Waals surface area contributed by atoms with E-state index in [2.05, 4.69) is 14.8 Å². The van der Waals surface area contributed by atoms with Crippen molar-refractivity contribution in [1.82, 2.24) is 9.21 Å². The first kappa shape index (κ1) is 28.7. The summed E-state index contributed by atoms with van der Waals surface area (Å²) in [7, 11) is -5.97. The van der Waals surface area contributed by atoms with Crippen molar-refractivity contribution in [2.45, 2.75) is 18.7 Å². The van der Waals surface area contributed by atoms with Gasteiger partial charge in [-0.3, -0.25) is 14.2 Å². The molecule has 1 heterocycles. The fourth-order valence-corrected chi connectivity index (χ4v) is 6.54. The van der Waals surface area contributed by atoms with Crippen molar-refractivity contribution >= 4 is 54.0 Å². The van der Waals surface area contributed by atoms with Gasteiger partial charge in [0, 0.05) is 48.3 Å². The SMILES string of the molecule is CN1CCN(S(=O)(=O)Nc2cccc3c(S(=O)(=O)Nc4ccc(NC(=O)C(C)(C)CF)cc4)cccc23)CC1. The number of halogens is 1. The number of anilines is 3. The van der Waals surface area contributed by atoms with Gasteiger partial charge in [-0.1, -0.05) is 24.3 Å². The summed E-state index contributed by atoms with van der Waals surface area (Å²) < 4.78 is 72.3. The normalized spacial score (nSPS) is 15.7. The second-order valence-electron chi connectivity index (χ2n) is 10.1. The lowest BCUT2D eigenvalue weighted by Crippen LogP contribution is -2.48. The molecule has 0 saturated carbocycles. The number of piperazine rings is 1. The van der Waals surface area contributed by atoms with E-state index in [1.165, 1.54) is 48.5 Å². The lowest BCUT2D eigenvalue weighted by Gasteiger charge is -2.31. The molecular weight excluding hydrogens is 545 g/mol. The Kier molecular flexibility index (Phi) is 8.17. The molecule has 1 aliphatic rings. The maximum Gasteiger partial charge on any atom is 0.301 e. The Balaban J connectivity index is 1.56. The van der Waals surface area contributed by atoms with E-state index in [4.69, 9.17) is 0 Å². The highest BCUT2D eigenvalue weighted by Crippen LogP contribution is 2.31. The number of hydrogen-bond donors (Lipinski definition) is 3. The number of carbonyl (C=O) groups excluding carboxylic acids is 1. The Morgan fingerprint density at radius 3 is 2.08 bits per heavy atom. The van der Waals surface area contributed by atoms with Gasteiger partial charge in [0.1, 0.15) is 6.67 Å². The summed E-state index contributed by atoms with van der Waals surface area (Å²) in [5.74, 6) is -0.492. The summed E-state index contributed by atoms with van der Waals surface area (Å²) in [6.45, 7) is 4.10. The number of fused-ring (bicyclic) bond motifs is 1. The molecule has 1 aliphatic heterocycles. The number of benzene rings is 3. The number of rotatable bonds is 9. The molecule has 39 heavy (non-hydrogen) atoms. The number of alkyl halides is 1. The zero-order chi connectivity index (χ0) is 28.4. The van der Waals surface area contributed by atoms with Crippen LogP contribution in [0.2, 0.25) is 0 Å². The van der Waals surface area contributed by atoms with E-state index in [0.717, 1.165) is 0 Å². The van der Waals surface area contributed by atoms with Gasteiger partial charge in [-0.25, -0.2) is 12.8 Å². The number of nitrogens with one attached hydrogen (secondary N) is 3. The number of nitrogens with zero attached hydrogens (tertiary/aromatic N) is 2. The van der Waals surface area contributed by atoms with Crippen LogP contribution in [-0.4, -0.2) is 71.8 Å². The average Bonchev–Trinajstić information content (AvgIpc) is 2.89. The maximum absolute atomic E-state index is 13.3. The van der Waals surface area contributed by atoms with Gasteiger partial charge in [-0.05, 0) is 57.3 Å². The fraction of sp³-hybridized carbons (Fsp3) is 0.346. The monoisotopic (exact) mass is 577 g/mol. The molecule has 1 saturated heterocycles. The highest BCUT2D eigenvalue weighted by molar-refractivity contribution is 7.93. The molecule has 4 rings (SSSR count). The van der Waals surface area contributed by atoms with Crippen LogP contribution in [0.5, 0.6) is 0 Å². The van der Waals surface area contributed by atoms with Crippen LogP contribution in [0.3, 0.4) is 0 Å². The molecule has 0 aromatic heterocycles. The molecule has 3 N–H and O–H groups in total. The molecule has 10 nitrogen and oxygen atoms in total. The number of amides is 1. The molecular formula is C26H32FN5O5S2. The van der Waals surface area contributed by atoms with Gasteiger partial charge in [-0.2, -0.15) is 12.7 Å². The lowest BCUT2D eigenvalue weighted by atomic mass is 9.94. The standard InChI is InChI=1S/C26H32FN5O5S2/c1-26(2,18-27)25(33)28-19-10-12-20(13-11-19)29-38(34,35)24-9-5-6-21-22(24)7-4-8-23(21)30-39(36,37)32-16-14-31(3)15-17-32/h4-13,29-30H,14-18H2,1-3H3,(H,28,33). The van der Waals surface area contributed by atoms with Crippen molar-refractivity contribution in [3.8, 4) is 0 Å². The Morgan fingerprint density at radius 2 is 1.44 bits per heavy atom. The van der Waals surface area contributed by atoms with E-state index in [9.17, 15) is 26.0 Å². The number of hydrogen-bond acceptors (Lipinski definition) is 6. The summed E-state index contributed by atoms with van der Waals surface area (Å²) in [4.78, 5) is 14.2. The predicted molar refractivity (Wildman–Crippen MR) is 151 cm³/mol. The summed E-state index contributed by atoms with van der Waals surface area (Å²) in [6.07, 6.45) is 0. The van der Waals surface area contributed by atoms with Crippen LogP contribution in [0.25, 0.3) is 10.8 Å². The zero-order valence-corrected chi connectivity index (χ0v) is 23.6. The number of carbonyl (C=O) groups is 1. The third-order valence-corrected chi connectivity index (χ3v) is 9.52. The predicted octanol–water partition coefficient (Wildman–Crippen LogP) is 3.48. The van der Waals surface area contributed by atoms with Crippen LogP contribution in [0.1, 0.15) is 13.8 Å². The molecule has 13 heteroatoms. The second-order valence-corrected chi connectivity index (χ2v) is 13.4. The summed E-state index contributed by atoms with van der Waals surface area (Å²) in [5, 5.41) is 3.40. The lowest BCUT2D eigenvalue weighted by molar-refractivity contribution is -0.124. The van der Waals surface area contributed by atoms with Gasteiger partial charge in [0.05, 0.1) is 16.0 Å². The molecule has 0 spiro atoms. The van der Waals surface area contributed by atoms with E-state index in [1.54, 1.807) is 30.3 Å². The molecule has 3 aromatic carbocycles. The molecule has 1 amide bonds. The quantitative estimate of drug-likeness (QED) is 0.357. The highest BCUT2D eigenvalue weighted by Gasteiger charge is 2.28. The zero-order valence-electron chi connectivity index (χ0n) is 21.9. The van der Waals surface area contributed by atoms with Crippen LogP contribution in [0, 0.1) is 5.41 Å². The van der Waals surface area contributed by atoms with Crippen molar-refractivity contribution < 1.29 is 26.0 Å².